The summed E-state index contributed by atoms with van der Waals surface area (Å²) in [5.74, 6) is 0.725. The number of hydrogen-bond acceptors (Lipinski definition) is 3. The van der Waals surface area contributed by atoms with Crippen LogP contribution in [-0.2, 0) is 10.5 Å². The van der Waals surface area contributed by atoms with E-state index < -0.39 is 8.32 Å². The third kappa shape index (κ3) is 6.19. The first kappa shape index (κ1) is 19.5. The fraction of sp³-hybridized carbons (Fsp3) is 0.300. The number of phenolic OH excluding ortho intramolecular Hbond substituents is 1. The summed E-state index contributed by atoms with van der Waals surface area (Å²) in [4.78, 5) is 0. The SMILES string of the molecule is C=Cc1ccc([Si]O[Si](C)(C)CCCc2ccc(O)c(OC)c2)cc1. The zero-order valence-electron chi connectivity index (χ0n) is 15.2. The molecule has 0 saturated heterocycles. The van der Waals surface area contributed by atoms with E-state index in [1.807, 2.05) is 18.2 Å². The Morgan fingerprint density at radius 2 is 1.88 bits per heavy atom. The molecule has 0 aromatic heterocycles. The first-order valence-electron chi connectivity index (χ1n) is 8.46. The maximum atomic E-state index is 9.66. The fourth-order valence-electron chi connectivity index (χ4n) is 2.53. The third-order valence-electron chi connectivity index (χ3n) is 4.08. The summed E-state index contributed by atoms with van der Waals surface area (Å²) < 4.78 is 11.4. The van der Waals surface area contributed by atoms with Gasteiger partial charge in [-0.3, -0.25) is 0 Å². The van der Waals surface area contributed by atoms with E-state index in [0.29, 0.717) is 15.5 Å². The summed E-state index contributed by atoms with van der Waals surface area (Å²) in [6, 6.07) is 15.0. The van der Waals surface area contributed by atoms with Gasteiger partial charge >= 0.3 is 0 Å². The third-order valence-corrected chi connectivity index (χ3v) is 8.83. The van der Waals surface area contributed by atoms with Crippen molar-refractivity contribution in [3.8, 4) is 11.5 Å². The van der Waals surface area contributed by atoms with Crippen LogP contribution in [0.15, 0.2) is 49.0 Å². The van der Waals surface area contributed by atoms with E-state index in [2.05, 4.69) is 43.9 Å². The van der Waals surface area contributed by atoms with Gasteiger partial charge in [0.05, 0.1) is 7.11 Å². The zero-order valence-corrected chi connectivity index (χ0v) is 17.2. The van der Waals surface area contributed by atoms with Crippen molar-refractivity contribution in [2.45, 2.75) is 32.0 Å². The van der Waals surface area contributed by atoms with Crippen LogP contribution in [-0.4, -0.2) is 30.3 Å². The molecule has 2 aromatic rings. The molecular weight excluding hydrogens is 344 g/mol. The van der Waals surface area contributed by atoms with Gasteiger partial charge in [-0.05, 0) is 60.4 Å². The highest BCUT2D eigenvalue weighted by Gasteiger charge is 2.22. The number of aryl methyl sites for hydroxylation is 1. The van der Waals surface area contributed by atoms with E-state index in [0.717, 1.165) is 24.4 Å². The van der Waals surface area contributed by atoms with Gasteiger partial charge in [-0.1, -0.05) is 43.0 Å². The average Bonchev–Trinajstić information content (AvgIpc) is 2.62. The molecule has 5 heteroatoms. The second kappa shape index (κ2) is 9.03. The molecule has 0 atom stereocenters. The van der Waals surface area contributed by atoms with Gasteiger partial charge in [0.2, 0.25) is 0 Å². The Morgan fingerprint density at radius 3 is 2.52 bits per heavy atom. The minimum Gasteiger partial charge on any atom is -0.504 e. The molecule has 0 heterocycles. The topological polar surface area (TPSA) is 38.7 Å². The summed E-state index contributed by atoms with van der Waals surface area (Å²) in [5, 5.41) is 10.9. The van der Waals surface area contributed by atoms with E-state index >= 15 is 0 Å². The van der Waals surface area contributed by atoms with Gasteiger partial charge in [0.25, 0.3) is 9.76 Å². The maximum Gasteiger partial charge on any atom is 0.256 e. The van der Waals surface area contributed by atoms with Crippen LogP contribution in [0.25, 0.3) is 6.08 Å². The van der Waals surface area contributed by atoms with Gasteiger partial charge < -0.3 is 14.0 Å². The van der Waals surface area contributed by atoms with Crippen LogP contribution in [0, 0.1) is 0 Å². The van der Waals surface area contributed by atoms with Crippen molar-refractivity contribution >= 4 is 29.3 Å². The van der Waals surface area contributed by atoms with E-state index in [-0.39, 0.29) is 5.75 Å². The van der Waals surface area contributed by atoms with E-state index in [1.54, 1.807) is 13.2 Å². The molecule has 0 unspecified atom stereocenters. The van der Waals surface area contributed by atoms with Crippen LogP contribution >= 0.6 is 0 Å². The highest BCUT2D eigenvalue weighted by atomic mass is 28.4. The number of methoxy groups -OCH3 is 1. The molecule has 132 valence electrons. The lowest BCUT2D eigenvalue weighted by Gasteiger charge is -2.23. The lowest BCUT2D eigenvalue weighted by atomic mass is 10.1. The van der Waals surface area contributed by atoms with Gasteiger partial charge in [0.15, 0.2) is 19.8 Å². The Bertz CT molecular complexity index is 697. The molecule has 0 spiro atoms. The van der Waals surface area contributed by atoms with Crippen molar-refractivity contribution in [1.82, 2.24) is 0 Å². The molecule has 2 radical (unpaired) electrons. The van der Waals surface area contributed by atoms with Crippen molar-refractivity contribution in [1.29, 1.82) is 0 Å². The fourth-order valence-corrected chi connectivity index (χ4v) is 5.85. The first-order chi connectivity index (χ1) is 11.9. The Labute approximate surface area is 154 Å². The van der Waals surface area contributed by atoms with Crippen molar-refractivity contribution in [3.05, 3.63) is 60.2 Å². The van der Waals surface area contributed by atoms with E-state index in [4.69, 9.17) is 8.85 Å². The number of phenols is 1. The average molecular weight is 371 g/mol. The lowest BCUT2D eigenvalue weighted by molar-refractivity contribution is 0.373. The van der Waals surface area contributed by atoms with Gasteiger partial charge in [-0.2, -0.15) is 0 Å². The largest absolute Gasteiger partial charge is 0.504 e. The van der Waals surface area contributed by atoms with Crippen LogP contribution < -0.4 is 9.92 Å². The molecule has 0 aliphatic carbocycles. The number of hydrogen-bond donors (Lipinski definition) is 1. The van der Waals surface area contributed by atoms with E-state index in [1.165, 1.54) is 10.8 Å². The maximum absolute atomic E-state index is 9.66. The van der Waals surface area contributed by atoms with Crippen LogP contribution in [0.3, 0.4) is 0 Å². The normalized spacial score (nSPS) is 11.3. The van der Waals surface area contributed by atoms with Crippen molar-refractivity contribution < 1.29 is 14.0 Å². The number of aromatic hydroxyl groups is 1. The predicted molar refractivity (Wildman–Crippen MR) is 108 cm³/mol. The number of ether oxygens (including phenoxy) is 1. The van der Waals surface area contributed by atoms with E-state index in [9.17, 15) is 5.11 Å². The van der Waals surface area contributed by atoms with Gasteiger partial charge in [-0.25, -0.2) is 0 Å². The van der Waals surface area contributed by atoms with Crippen LogP contribution in [0.4, 0.5) is 0 Å². The Morgan fingerprint density at radius 1 is 1.16 bits per heavy atom. The van der Waals surface area contributed by atoms with Gasteiger partial charge in [-0.15, -0.1) is 0 Å². The molecule has 3 nitrogen and oxygen atoms in total. The molecule has 0 bridgehead atoms. The molecule has 0 saturated carbocycles. The first-order valence-corrected chi connectivity index (χ1v) is 12.5. The number of benzene rings is 2. The minimum atomic E-state index is -1.68. The molecule has 0 amide bonds. The molecule has 2 rings (SSSR count). The van der Waals surface area contributed by atoms with Crippen LogP contribution in [0.1, 0.15) is 17.5 Å². The minimum absolute atomic E-state index is 0.188. The smallest absolute Gasteiger partial charge is 0.256 e. The van der Waals surface area contributed by atoms with Crippen molar-refractivity contribution in [2.75, 3.05) is 7.11 Å². The Hall–Kier alpha value is -1.83. The lowest BCUT2D eigenvalue weighted by Crippen LogP contribution is -2.35. The molecule has 0 aliphatic rings. The summed E-state index contributed by atoms with van der Waals surface area (Å²) in [6.07, 6.45) is 3.89. The molecule has 1 N–H and O–H groups in total. The zero-order chi connectivity index (χ0) is 18.3. The number of rotatable bonds is 9. The van der Waals surface area contributed by atoms with Crippen LogP contribution in [0.5, 0.6) is 11.5 Å². The van der Waals surface area contributed by atoms with Crippen molar-refractivity contribution in [2.24, 2.45) is 0 Å². The summed E-state index contributed by atoms with van der Waals surface area (Å²) >= 11 is 0. The van der Waals surface area contributed by atoms with Gasteiger partial charge in [0.1, 0.15) is 0 Å². The molecule has 25 heavy (non-hydrogen) atoms. The monoisotopic (exact) mass is 370 g/mol. The molecule has 0 aliphatic heterocycles. The van der Waals surface area contributed by atoms with Gasteiger partial charge in [0, 0.05) is 0 Å². The van der Waals surface area contributed by atoms with Crippen molar-refractivity contribution in [3.63, 3.8) is 0 Å². The Kier molecular flexibility index (Phi) is 7.05. The second-order valence-corrected chi connectivity index (χ2v) is 12.3. The summed E-state index contributed by atoms with van der Waals surface area (Å²) in [7, 11) is 0.294. The Balaban J connectivity index is 1.81. The standard InChI is InChI=1S/C20H26O3Si2/c1-5-16-8-11-18(12-9-16)24-23-25(3,4)14-6-7-17-10-13-19(21)20(15-17)22-2/h5,8-13,15,21H,1,6-7,14H2,2-4H3. The second-order valence-electron chi connectivity index (χ2n) is 6.65. The molecular formula is C20H26O3Si2. The summed E-state index contributed by atoms with van der Waals surface area (Å²) in [6.45, 7) is 8.32. The highest BCUT2D eigenvalue weighted by Crippen LogP contribution is 2.27. The van der Waals surface area contributed by atoms with Crippen LogP contribution in [0.2, 0.25) is 19.1 Å². The predicted octanol–water partition coefficient (Wildman–Crippen LogP) is 4.14. The highest BCUT2D eigenvalue weighted by molar-refractivity contribution is 6.76. The quantitative estimate of drug-likeness (QED) is 0.674. The molecule has 2 aromatic carbocycles. The summed E-state index contributed by atoms with van der Waals surface area (Å²) in [5.41, 5.74) is 2.32. The molecule has 0 fully saturated rings.